The van der Waals surface area contributed by atoms with Gasteiger partial charge in [-0.05, 0) is 40.2 Å². The molecule has 19 heavy (non-hydrogen) atoms. The Morgan fingerprint density at radius 3 is 2.79 bits per heavy atom. The highest BCUT2D eigenvalue weighted by Gasteiger charge is 2.15. The molecule has 0 unspecified atom stereocenters. The van der Waals surface area contributed by atoms with Crippen molar-refractivity contribution in [3.63, 3.8) is 0 Å². The Labute approximate surface area is 118 Å². The topological polar surface area (TPSA) is 43.8 Å². The van der Waals surface area contributed by atoms with Crippen LogP contribution in [0.25, 0.3) is 22.2 Å². The van der Waals surface area contributed by atoms with E-state index in [0.29, 0.717) is 5.69 Å². The number of nitrogen functional groups attached to an aromatic ring is 1. The van der Waals surface area contributed by atoms with Crippen LogP contribution in [0.15, 0.2) is 40.9 Å². The van der Waals surface area contributed by atoms with E-state index in [4.69, 9.17) is 5.73 Å². The van der Waals surface area contributed by atoms with E-state index in [1.165, 1.54) is 12.1 Å². The van der Waals surface area contributed by atoms with E-state index in [-0.39, 0.29) is 5.82 Å². The maximum Gasteiger partial charge on any atom is 0.123 e. The van der Waals surface area contributed by atoms with E-state index in [2.05, 4.69) is 21.0 Å². The van der Waals surface area contributed by atoms with Crippen molar-refractivity contribution in [2.24, 2.45) is 7.05 Å². The average Bonchev–Trinajstić information content (AvgIpc) is 2.72. The van der Waals surface area contributed by atoms with Gasteiger partial charge in [0.25, 0.3) is 0 Å². The zero-order chi connectivity index (χ0) is 13.6. The molecule has 5 heteroatoms. The van der Waals surface area contributed by atoms with Gasteiger partial charge in [0.15, 0.2) is 0 Å². The first-order chi connectivity index (χ1) is 9.08. The molecule has 0 aliphatic rings. The van der Waals surface area contributed by atoms with E-state index in [1.54, 1.807) is 10.7 Å². The maximum atomic E-state index is 13.4. The van der Waals surface area contributed by atoms with E-state index in [1.807, 2.05) is 25.2 Å². The molecule has 0 aliphatic carbocycles. The van der Waals surface area contributed by atoms with Crippen molar-refractivity contribution >= 4 is 32.5 Å². The number of fused-ring (bicyclic) bond motifs is 1. The summed E-state index contributed by atoms with van der Waals surface area (Å²) < 4.78 is 15.9. The highest BCUT2D eigenvalue weighted by atomic mass is 79.9. The number of anilines is 1. The lowest BCUT2D eigenvalue weighted by molar-refractivity contribution is 0.628. The molecule has 0 aliphatic heterocycles. The van der Waals surface area contributed by atoms with Gasteiger partial charge >= 0.3 is 0 Å². The molecule has 0 spiro atoms. The number of aromatic nitrogens is 2. The molecule has 0 radical (unpaired) electrons. The first kappa shape index (κ1) is 12.2. The molecule has 0 amide bonds. The summed E-state index contributed by atoms with van der Waals surface area (Å²) in [6.45, 7) is 0. The molecule has 96 valence electrons. The Bertz CT molecular complexity index is 780. The van der Waals surface area contributed by atoms with Crippen molar-refractivity contribution in [2.75, 3.05) is 5.73 Å². The second kappa shape index (κ2) is 4.35. The molecule has 3 rings (SSSR count). The fourth-order valence-corrected chi connectivity index (χ4v) is 2.69. The van der Waals surface area contributed by atoms with Crippen LogP contribution in [-0.2, 0) is 7.05 Å². The fourth-order valence-electron chi connectivity index (χ4n) is 2.17. The lowest BCUT2D eigenvalue weighted by Gasteiger charge is -2.02. The number of rotatable bonds is 1. The number of halogens is 2. The zero-order valence-corrected chi connectivity index (χ0v) is 11.8. The first-order valence-electron chi connectivity index (χ1n) is 5.74. The third-order valence-electron chi connectivity index (χ3n) is 3.08. The number of nitrogens with zero attached hydrogens (tertiary/aromatic N) is 2. The van der Waals surface area contributed by atoms with Crippen LogP contribution >= 0.6 is 15.9 Å². The molecular weight excluding hydrogens is 309 g/mol. The van der Waals surface area contributed by atoms with Gasteiger partial charge in [0.2, 0.25) is 0 Å². The van der Waals surface area contributed by atoms with Gasteiger partial charge < -0.3 is 5.73 Å². The van der Waals surface area contributed by atoms with Gasteiger partial charge in [0.1, 0.15) is 11.5 Å². The summed E-state index contributed by atoms with van der Waals surface area (Å²) in [6.07, 6.45) is 0. The van der Waals surface area contributed by atoms with E-state index in [0.717, 1.165) is 26.6 Å². The minimum atomic E-state index is -0.281. The number of benzene rings is 2. The van der Waals surface area contributed by atoms with Gasteiger partial charge in [-0.2, -0.15) is 5.10 Å². The second-order valence-electron chi connectivity index (χ2n) is 4.35. The SMILES string of the molecule is Cn1nc(-c2cccc(F)c2)c2c(Br)c(N)ccc21. The van der Waals surface area contributed by atoms with Crippen LogP contribution < -0.4 is 5.73 Å². The van der Waals surface area contributed by atoms with Crippen LogP contribution in [0.5, 0.6) is 0 Å². The van der Waals surface area contributed by atoms with E-state index < -0.39 is 0 Å². The van der Waals surface area contributed by atoms with Crippen molar-refractivity contribution < 1.29 is 4.39 Å². The van der Waals surface area contributed by atoms with E-state index in [9.17, 15) is 4.39 Å². The molecule has 3 aromatic rings. The lowest BCUT2D eigenvalue weighted by atomic mass is 10.1. The average molecular weight is 320 g/mol. The van der Waals surface area contributed by atoms with Gasteiger partial charge in [-0.3, -0.25) is 4.68 Å². The monoisotopic (exact) mass is 319 g/mol. The number of nitrogens with two attached hydrogens (primary N) is 1. The highest BCUT2D eigenvalue weighted by Crippen LogP contribution is 2.36. The van der Waals surface area contributed by atoms with Crippen molar-refractivity contribution in [1.29, 1.82) is 0 Å². The Balaban J connectivity index is 2.39. The highest BCUT2D eigenvalue weighted by molar-refractivity contribution is 9.10. The molecule has 0 saturated carbocycles. The molecule has 1 heterocycles. The largest absolute Gasteiger partial charge is 0.398 e. The van der Waals surface area contributed by atoms with Gasteiger partial charge in [-0.25, -0.2) is 4.39 Å². The predicted molar refractivity (Wildman–Crippen MR) is 78.2 cm³/mol. The smallest absolute Gasteiger partial charge is 0.123 e. The molecule has 3 nitrogen and oxygen atoms in total. The quantitative estimate of drug-likeness (QED) is 0.695. The summed E-state index contributed by atoms with van der Waals surface area (Å²) in [4.78, 5) is 0. The third-order valence-corrected chi connectivity index (χ3v) is 3.94. The van der Waals surface area contributed by atoms with Crippen molar-refractivity contribution in [3.05, 3.63) is 46.7 Å². The molecule has 0 saturated heterocycles. The Morgan fingerprint density at radius 1 is 1.26 bits per heavy atom. The van der Waals surface area contributed by atoms with Gasteiger partial charge in [0.05, 0.1) is 9.99 Å². The predicted octanol–water partition coefficient (Wildman–Crippen LogP) is 3.72. The summed E-state index contributed by atoms with van der Waals surface area (Å²) in [5.41, 5.74) is 8.95. The summed E-state index contributed by atoms with van der Waals surface area (Å²) in [7, 11) is 1.85. The first-order valence-corrected chi connectivity index (χ1v) is 6.54. The van der Waals surface area contributed by atoms with E-state index >= 15 is 0 Å². The van der Waals surface area contributed by atoms with Gasteiger partial charge in [-0.1, -0.05) is 12.1 Å². The van der Waals surface area contributed by atoms with Crippen LogP contribution in [-0.4, -0.2) is 9.78 Å². The molecule has 2 aromatic carbocycles. The van der Waals surface area contributed by atoms with Gasteiger partial charge in [0, 0.05) is 23.7 Å². The Morgan fingerprint density at radius 2 is 2.05 bits per heavy atom. The van der Waals surface area contributed by atoms with Crippen molar-refractivity contribution in [2.45, 2.75) is 0 Å². The standard InChI is InChI=1S/C14H11BrFN3/c1-19-11-6-5-10(17)13(15)12(11)14(18-19)8-3-2-4-9(16)7-8/h2-7H,17H2,1H3. The van der Waals surface area contributed by atoms with Crippen LogP contribution in [0.4, 0.5) is 10.1 Å². The van der Waals surface area contributed by atoms with Crippen LogP contribution in [0.1, 0.15) is 0 Å². The molecule has 0 bridgehead atoms. The lowest BCUT2D eigenvalue weighted by Crippen LogP contribution is -1.90. The number of hydrogen-bond acceptors (Lipinski definition) is 2. The number of hydrogen-bond donors (Lipinski definition) is 1. The van der Waals surface area contributed by atoms with Crippen LogP contribution in [0, 0.1) is 5.82 Å². The van der Waals surface area contributed by atoms with Gasteiger partial charge in [-0.15, -0.1) is 0 Å². The molecule has 2 N–H and O–H groups in total. The minimum Gasteiger partial charge on any atom is -0.398 e. The Kier molecular flexibility index (Phi) is 2.78. The summed E-state index contributed by atoms with van der Waals surface area (Å²) >= 11 is 3.49. The van der Waals surface area contributed by atoms with Crippen LogP contribution in [0.2, 0.25) is 0 Å². The fraction of sp³-hybridized carbons (Fsp3) is 0.0714. The summed E-state index contributed by atoms with van der Waals surface area (Å²) in [6, 6.07) is 10.1. The van der Waals surface area contributed by atoms with Crippen molar-refractivity contribution in [1.82, 2.24) is 9.78 Å². The third kappa shape index (κ3) is 1.90. The molecular formula is C14H11BrFN3. The molecule has 1 aromatic heterocycles. The van der Waals surface area contributed by atoms with Crippen LogP contribution in [0.3, 0.4) is 0 Å². The molecule has 0 fully saturated rings. The molecule has 0 atom stereocenters. The summed E-state index contributed by atoms with van der Waals surface area (Å²) in [5.74, 6) is -0.281. The minimum absolute atomic E-state index is 0.281. The van der Waals surface area contributed by atoms with Crippen molar-refractivity contribution in [3.8, 4) is 11.3 Å². The number of aryl methyl sites for hydroxylation is 1. The normalized spacial score (nSPS) is 11.1. The zero-order valence-electron chi connectivity index (χ0n) is 10.2. The summed E-state index contributed by atoms with van der Waals surface area (Å²) in [5, 5.41) is 5.36. The second-order valence-corrected chi connectivity index (χ2v) is 5.14. The maximum absolute atomic E-state index is 13.4. The Hall–Kier alpha value is -1.88.